The molecule has 0 spiro atoms. The van der Waals surface area contributed by atoms with Crippen LogP contribution in [0.25, 0.3) is 0 Å². The Bertz CT molecular complexity index is 805. The molecule has 0 fully saturated rings. The molecule has 0 aliphatic carbocycles. The first-order chi connectivity index (χ1) is 13.0. The van der Waals surface area contributed by atoms with Gasteiger partial charge in [-0.25, -0.2) is 0 Å². The molecule has 0 N–H and O–H groups in total. The standard InChI is InChI=1S/C20H25NO6/c1-21(20(22)15-11-14(23-2)8-10-16(15)24-3)12-13-7-9-17(25-4)19(27-6)18(13)26-5/h7-11H,12H2,1-6H3. The topological polar surface area (TPSA) is 66.5 Å². The van der Waals surface area contributed by atoms with Crippen LogP contribution in [0.3, 0.4) is 0 Å². The number of carbonyl (C=O) groups is 1. The Kier molecular flexibility index (Phi) is 6.76. The Hall–Kier alpha value is -3.09. The molecule has 0 bridgehead atoms. The van der Waals surface area contributed by atoms with E-state index in [2.05, 4.69) is 0 Å². The van der Waals surface area contributed by atoms with Crippen LogP contribution in [0.4, 0.5) is 0 Å². The minimum atomic E-state index is -0.206. The summed E-state index contributed by atoms with van der Waals surface area (Å²) < 4.78 is 26.7. The Balaban J connectivity index is 2.35. The molecule has 0 aliphatic heterocycles. The number of rotatable bonds is 8. The van der Waals surface area contributed by atoms with Crippen molar-refractivity contribution in [1.82, 2.24) is 4.90 Å². The van der Waals surface area contributed by atoms with E-state index in [1.807, 2.05) is 6.07 Å². The lowest BCUT2D eigenvalue weighted by molar-refractivity contribution is 0.0780. The van der Waals surface area contributed by atoms with Gasteiger partial charge in [0, 0.05) is 19.2 Å². The van der Waals surface area contributed by atoms with Crippen molar-refractivity contribution in [3.63, 3.8) is 0 Å². The lowest BCUT2D eigenvalue weighted by atomic mass is 10.1. The lowest BCUT2D eigenvalue weighted by Gasteiger charge is -2.22. The van der Waals surface area contributed by atoms with E-state index in [1.54, 1.807) is 64.7 Å². The van der Waals surface area contributed by atoms with Crippen LogP contribution < -0.4 is 23.7 Å². The van der Waals surface area contributed by atoms with Gasteiger partial charge < -0.3 is 28.6 Å². The zero-order valence-electron chi connectivity index (χ0n) is 16.5. The van der Waals surface area contributed by atoms with E-state index in [4.69, 9.17) is 23.7 Å². The van der Waals surface area contributed by atoms with Crippen LogP contribution in [0.15, 0.2) is 30.3 Å². The van der Waals surface area contributed by atoms with Crippen molar-refractivity contribution in [2.45, 2.75) is 6.54 Å². The third-order valence-electron chi connectivity index (χ3n) is 4.18. The van der Waals surface area contributed by atoms with Gasteiger partial charge in [-0.2, -0.15) is 0 Å². The largest absolute Gasteiger partial charge is 0.497 e. The fourth-order valence-corrected chi connectivity index (χ4v) is 2.80. The van der Waals surface area contributed by atoms with Crippen molar-refractivity contribution in [1.29, 1.82) is 0 Å². The molecule has 0 radical (unpaired) electrons. The van der Waals surface area contributed by atoms with Crippen LogP contribution in [0.2, 0.25) is 0 Å². The molecule has 0 aliphatic rings. The van der Waals surface area contributed by atoms with Gasteiger partial charge in [-0.05, 0) is 30.3 Å². The van der Waals surface area contributed by atoms with Crippen molar-refractivity contribution in [2.75, 3.05) is 42.6 Å². The van der Waals surface area contributed by atoms with E-state index < -0.39 is 0 Å². The van der Waals surface area contributed by atoms with Gasteiger partial charge in [-0.15, -0.1) is 0 Å². The smallest absolute Gasteiger partial charge is 0.257 e. The molecule has 0 atom stereocenters. The second-order valence-corrected chi connectivity index (χ2v) is 5.72. The normalized spacial score (nSPS) is 10.1. The number of methoxy groups -OCH3 is 5. The van der Waals surface area contributed by atoms with Crippen LogP contribution >= 0.6 is 0 Å². The molecular formula is C20H25NO6. The maximum absolute atomic E-state index is 13.0. The van der Waals surface area contributed by atoms with E-state index >= 15 is 0 Å². The maximum Gasteiger partial charge on any atom is 0.257 e. The first-order valence-electron chi connectivity index (χ1n) is 8.26. The van der Waals surface area contributed by atoms with Gasteiger partial charge in [0.2, 0.25) is 5.75 Å². The number of amides is 1. The fourth-order valence-electron chi connectivity index (χ4n) is 2.80. The summed E-state index contributed by atoms with van der Waals surface area (Å²) in [7, 11) is 9.43. The number of nitrogens with zero attached hydrogens (tertiary/aromatic N) is 1. The predicted octanol–water partition coefficient (Wildman–Crippen LogP) is 3.00. The summed E-state index contributed by atoms with van der Waals surface area (Å²) in [4.78, 5) is 14.5. The van der Waals surface area contributed by atoms with E-state index in [0.29, 0.717) is 40.9 Å². The van der Waals surface area contributed by atoms with Crippen LogP contribution in [0.5, 0.6) is 28.7 Å². The van der Waals surface area contributed by atoms with Crippen molar-refractivity contribution in [2.24, 2.45) is 0 Å². The monoisotopic (exact) mass is 375 g/mol. The van der Waals surface area contributed by atoms with E-state index in [1.165, 1.54) is 7.11 Å². The molecule has 146 valence electrons. The van der Waals surface area contributed by atoms with Crippen LogP contribution in [0, 0.1) is 0 Å². The second-order valence-electron chi connectivity index (χ2n) is 5.72. The molecule has 27 heavy (non-hydrogen) atoms. The highest BCUT2D eigenvalue weighted by Gasteiger charge is 2.21. The second kappa shape index (κ2) is 9.02. The van der Waals surface area contributed by atoms with Gasteiger partial charge in [0.15, 0.2) is 11.5 Å². The van der Waals surface area contributed by atoms with Gasteiger partial charge in [-0.1, -0.05) is 0 Å². The van der Waals surface area contributed by atoms with Crippen molar-refractivity contribution in [3.8, 4) is 28.7 Å². The number of hydrogen-bond acceptors (Lipinski definition) is 6. The van der Waals surface area contributed by atoms with Crippen molar-refractivity contribution < 1.29 is 28.5 Å². The average Bonchev–Trinajstić information content (AvgIpc) is 2.71. The highest BCUT2D eigenvalue weighted by molar-refractivity contribution is 5.97. The minimum absolute atomic E-state index is 0.206. The van der Waals surface area contributed by atoms with E-state index in [0.717, 1.165) is 5.56 Å². The van der Waals surface area contributed by atoms with Crippen LogP contribution in [0.1, 0.15) is 15.9 Å². The Morgan fingerprint density at radius 3 is 2.00 bits per heavy atom. The minimum Gasteiger partial charge on any atom is -0.497 e. The molecule has 2 aromatic rings. The van der Waals surface area contributed by atoms with Crippen molar-refractivity contribution in [3.05, 3.63) is 41.5 Å². The molecule has 1 amide bonds. The highest BCUT2D eigenvalue weighted by Crippen LogP contribution is 2.40. The first kappa shape index (κ1) is 20.2. The maximum atomic E-state index is 13.0. The molecule has 0 saturated carbocycles. The first-order valence-corrected chi connectivity index (χ1v) is 8.26. The number of benzene rings is 2. The summed E-state index contributed by atoms with van der Waals surface area (Å²) in [5.41, 5.74) is 1.20. The lowest BCUT2D eigenvalue weighted by Crippen LogP contribution is -2.27. The molecule has 0 heterocycles. The third kappa shape index (κ3) is 4.19. The molecule has 0 aromatic heterocycles. The SMILES string of the molecule is COc1ccc(OC)c(C(=O)N(C)Cc2ccc(OC)c(OC)c2OC)c1. The Labute approximate surface area is 159 Å². The summed E-state index contributed by atoms with van der Waals surface area (Å²) in [6.07, 6.45) is 0. The van der Waals surface area contributed by atoms with Crippen LogP contribution in [-0.2, 0) is 6.54 Å². The molecule has 7 heteroatoms. The quantitative estimate of drug-likeness (QED) is 0.707. The molecular weight excluding hydrogens is 350 g/mol. The fraction of sp³-hybridized carbons (Fsp3) is 0.350. The van der Waals surface area contributed by atoms with Crippen molar-refractivity contribution >= 4 is 5.91 Å². The molecule has 2 rings (SSSR count). The molecule has 0 saturated heterocycles. The average molecular weight is 375 g/mol. The molecule has 7 nitrogen and oxygen atoms in total. The summed E-state index contributed by atoms with van der Waals surface area (Å²) >= 11 is 0. The number of hydrogen-bond donors (Lipinski definition) is 0. The Morgan fingerprint density at radius 2 is 1.44 bits per heavy atom. The summed E-state index contributed by atoms with van der Waals surface area (Å²) in [5.74, 6) is 2.42. The van der Waals surface area contributed by atoms with Gasteiger partial charge in [-0.3, -0.25) is 4.79 Å². The highest BCUT2D eigenvalue weighted by atomic mass is 16.5. The van der Waals surface area contributed by atoms with Crippen LogP contribution in [-0.4, -0.2) is 53.4 Å². The van der Waals surface area contributed by atoms with Gasteiger partial charge >= 0.3 is 0 Å². The predicted molar refractivity (Wildman–Crippen MR) is 101 cm³/mol. The van der Waals surface area contributed by atoms with E-state index in [9.17, 15) is 4.79 Å². The Morgan fingerprint density at radius 1 is 0.815 bits per heavy atom. The summed E-state index contributed by atoms with van der Waals surface area (Å²) in [5, 5.41) is 0. The number of ether oxygens (including phenoxy) is 5. The number of carbonyl (C=O) groups excluding carboxylic acids is 1. The third-order valence-corrected chi connectivity index (χ3v) is 4.18. The molecule has 0 unspecified atom stereocenters. The van der Waals surface area contributed by atoms with Gasteiger partial charge in [0.05, 0.1) is 41.1 Å². The molecule has 2 aromatic carbocycles. The zero-order valence-corrected chi connectivity index (χ0v) is 16.5. The van der Waals surface area contributed by atoms with Gasteiger partial charge in [0.1, 0.15) is 11.5 Å². The zero-order chi connectivity index (χ0) is 20.0. The van der Waals surface area contributed by atoms with Gasteiger partial charge in [0.25, 0.3) is 5.91 Å². The summed E-state index contributed by atoms with van der Waals surface area (Å²) in [6.45, 7) is 0.308. The summed E-state index contributed by atoms with van der Waals surface area (Å²) in [6, 6.07) is 8.72. The van der Waals surface area contributed by atoms with E-state index in [-0.39, 0.29) is 5.91 Å².